The second-order valence-electron chi connectivity index (χ2n) is 11.7. The Morgan fingerprint density at radius 1 is 1.02 bits per heavy atom. The minimum Gasteiger partial charge on any atom is -0.361 e. The van der Waals surface area contributed by atoms with Crippen LogP contribution in [0.2, 0.25) is 0 Å². The molecular weight excluding hydrogens is 554 g/mol. The molecule has 1 aliphatic carbocycles. The first kappa shape index (κ1) is 27.2. The van der Waals surface area contributed by atoms with Crippen LogP contribution in [0.25, 0.3) is 0 Å². The Labute approximate surface area is 247 Å². The number of guanidine groups is 2. The average molecular weight is 588 g/mol. The fourth-order valence-corrected chi connectivity index (χ4v) is 7.29. The van der Waals surface area contributed by atoms with Crippen molar-refractivity contribution in [3.63, 3.8) is 0 Å². The number of nitrogens with one attached hydrogen (secondary N) is 6. The van der Waals surface area contributed by atoms with Gasteiger partial charge in [-0.15, -0.1) is 0 Å². The summed E-state index contributed by atoms with van der Waals surface area (Å²) in [7, 11) is 0. The lowest BCUT2D eigenvalue weighted by Crippen LogP contribution is -2.81. The summed E-state index contributed by atoms with van der Waals surface area (Å²) < 4.78 is 0. The van der Waals surface area contributed by atoms with Gasteiger partial charge < -0.3 is 36.4 Å². The second kappa shape index (κ2) is 9.67. The van der Waals surface area contributed by atoms with Crippen molar-refractivity contribution in [3.05, 3.63) is 65.2 Å². The normalized spacial score (nSPS) is 29.0. The summed E-state index contributed by atoms with van der Waals surface area (Å²) in [6.45, 7) is -0.499. The van der Waals surface area contributed by atoms with Gasteiger partial charge in [0.25, 0.3) is 11.8 Å². The number of nitrogens with zero attached hydrogens (tertiary/aromatic N) is 3. The quantitative estimate of drug-likeness (QED) is 0.164. The number of imide groups is 1. The van der Waals surface area contributed by atoms with Crippen molar-refractivity contribution in [1.29, 1.82) is 10.8 Å². The number of fused-ring (bicyclic) bond motifs is 1. The standard InChI is InChI=1S/C29H33N9O5/c30-25-34-23-20(13-37-22(39)15-36(27(37)41)17-9-2-1-3-10-17)32-26(31)38-14-21(29(42,43)28(23,38)35-25)33-24(40)19-12-6-8-16-7-4-5-11-18(16)19/h1-3,6,8-10,12,20-21,23,42-43H,4-5,7,11,13-15H2,(H2,31,32)(H,33,40)(H3,30,34,35)/t20-,21-,23?,28?/m0/s1. The minimum absolute atomic E-state index is 0.145. The number of urea groups is 1. The van der Waals surface area contributed by atoms with Crippen LogP contribution in [-0.4, -0.2) is 99.0 Å². The summed E-state index contributed by atoms with van der Waals surface area (Å²) in [5, 5.41) is 52.2. The highest BCUT2D eigenvalue weighted by molar-refractivity contribution is 6.12. The number of benzene rings is 2. The van der Waals surface area contributed by atoms with E-state index < -0.39 is 47.4 Å². The number of anilines is 1. The minimum atomic E-state index is -2.67. The van der Waals surface area contributed by atoms with E-state index >= 15 is 0 Å². The summed E-state index contributed by atoms with van der Waals surface area (Å²) in [6, 6.07) is 10.7. The molecule has 14 nitrogen and oxygen atoms in total. The van der Waals surface area contributed by atoms with Crippen LogP contribution in [-0.2, 0) is 17.6 Å². The van der Waals surface area contributed by atoms with Crippen molar-refractivity contribution in [2.45, 2.75) is 55.3 Å². The third-order valence-corrected chi connectivity index (χ3v) is 9.35. The molecule has 2 unspecified atom stereocenters. The first-order valence-corrected chi connectivity index (χ1v) is 14.4. The first-order chi connectivity index (χ1) is 20.6. The molecule has 0 radical (unpaired) electrons. The van der Waals surface area contributed by atoms with Crippen molar-refractivity contribution >= 4 is 35.5 Å². The molecule has 14 heteroatoms. The van der Waals surface area contributed by atoms with Crippen LogP contribution >= 0.6 is 0 Å². The van der Waals surface area contributed by atoms with Crippen LogP contribution in [0.5, 0.6) is 0 Å². The van der Waals surface area contributed by atoms with Crippen LogP contribution in [0.4, 0.5) is 10.5 Å². The van der Waals surface area contributed by atoms with E-state index in [0.717, 1.165) is 41.7 Å². The predicted molar refractivity (Wildman–Crippen MR) is 154 cm³/mol. The summed E-state index contributed by atoms with van der Waals surface area (Å²) >= 11 is 0. The van der Waals surface area contributed by atoms with E-state index in [1.54, 1.807) is 36.4 Å². The molecule has 4 atom stereocenters. The molecule has 4 fully saturated rings. The topological polar surface area (TPSA) is 197 Å². The van der Waals surface area contributed by atoms with Gasteiger partial charge in [-0.1, -0.05) is 30.3 Å². The largest absolute Gasteiger partial charge is 0.361 e. The van der Waals surface area contributed by atoms with Crippen LogP contribution in [0.1, 0.15) is 34.3 Å². The van der Waals surface area contributed by atoms with Crippen molar-refractivity contribution < 1.29 is 24.6 Å². The van der Waals surface area contributed by atoms with Gasteiger partial charge in [-0.25, -0.2) is 4.79 Å². The maximum Gasteiger partial charge on any atom is 0.331 e. The molecule has 4 aliphatic heterocycles. The predicted octanol–water partition coefficient (Wildman–Crippen LogP) is -0.772. The van der Waals surface area contributed by atoms with Crippen molar-refractivity contribution in [2.75, 3.05) is 24.5 Å². The molecular formula is C29H33N9O5. The smallest absolute Gasteiger partial charge is 0.331 e. The van der Waals surface area contributed by atoms with E-state index in [4.69, 9.17) is 10.8 Å². The van der Waals surface area contributed by atoms with Crippen LogP contribution in [0, 0.1) is 10.8 Å². The Morgan fingerprint density at radius 3 is 2.58 bits per heavy atom. The maximum absolute atomic E-state index is 13.5. The number of aryl methyl sites for hydroxylation is 1. The van der Waals surface area contributed by atoms with E-state index in [1.165, 1.54) is 9.80 Å². The number of para-hydroxylation sites is 1. The molecule has 0 saturated carbocycles. The highest BCUT2D eigenvalue weighted by Gasteiger charge is 2.74. The molecule has 2 aromatic carbocycles. The van der Waals surface area contributed by atoms with Crippen molar-refractivity contribution in [2.24, 2.45) is 0 Å². The molecule has 4 amide bonds. The molecule has 4 saturated heterocycles. The number of rotatable bonds is 5. The van der Waals surface area contributed by atoms with Crippen molar-refractivity contribution in [1.82, 2.24) is 31.1 Å². The summed E-state index contributed by atoms with van der Waals surface area (Å²) in [5.41, 5.74) is 1.27. The summed E-state index contributed by atoms with van der Waals surface area (Å²) in [5.74, 6) is -3.99. The van der Waals surface area contributed by atoms with Gasteiger partial charge in [0.05, 0.1) is 18.6 Å². The van der Waals surface area contributed by atoms with Gasteiger partial charge in [0, 0.05) is 17.8 Å². The van der Waals surface area contributed by atoms with E-state index in [-0.39, 0.29) is 31.6 Å². The van der Waals surface area contributed by atoms with E-state index in [9.17, 15) is 24.6 Å². The number of hydrogen-bond donors (Lipinski definition) is 8. The number of amides is 4. The van der Waals surface area contributed by atoms with Gasteiger partial charge in [0.15, 0.2) is 17.6 Å². The zero-order valence-electron chi connectivity index (χ0n) is 23.3. The fraction of sp³-hybridized carbons (Fsp3) is 0.414. The Hall–Kier alpha value is -4.69. The Kier molecular flexibility index (Phi) is 6.11. The number of carbonyl (C=O) groups is 3. The summed E-state index contributed by atoms with van der Waals surface area (Å²) in [4.78, 5) is 43.6. The third-order valence-electron chi connectivity index (χ3n) is 9.35. The number of carbonyl (C=O) groups excluding carboxylic acids is 3. The molecule has 1 spiro atoms. The molecule has 5 aliphatic rings. The lowest BCUT2D eigenvalue weighted by Gasteiger charge is -2.51. The van der Waals surface area contributed by atoms with E-state index in [0.29, 0.717) is 11.3 Å². The lowest BCUT2D eigenvalue weighted by molar-refractivity contribution is -0.232. The third kappa shape index (κ3) is 3.97. The van der Waals surface area contributed by atoms with Gasteiger partial charge in [-0.3, -0.25) is 30.2 Å². The van der Waals surface area contributed by atoms with Crippen molar-refractivity contribution in [3.8, 4) is 0 Å². The molecule has 43 heavy (non-hydrogen) atoms. The molecule has 0 aromatic heterocycles. The molecule has 2 aromatic rings. The molecule has 0 bridgehead atoms. The zero-order chi connectivity index (χ0) is 30.1. The van der Waals surface area contributed by atoms with Gasteiger partial charge in [0.1, 0.15) is 12.6 Å². The van der Waals surface area contributed by atoms with E-state index in [2.05, 4.69) is 21.3 Å². The zero-order valence-corrected chi connectivity index (χ0v) is 23.3. The second-order valence-corrected chi connectivity index (χ2v) is 11.7. The number of aliphatic hydroxyl groups is 2. The van der Waals surface area contributed by atoms with Gasteiger partial charge >= 0.3 is 6.03 Å². The van der Waals surface area contributed by atoms with Crippen LogP contribution in [0.15, 0.2) is 48.5 Å². The molecule has 4 heterocycles. The SMILES string of the molecule is N=C1NC2[C@H](CN3C(=O)CN(c4ccccc4)C3=O)NC(=N)N3C[C@H](NC(=O)c4cccc5c4CCCC5)C(O)(O)C23N1. The Morgan fingerprint density at radius 2 is 1.79 bits per heavy atom. The highest BCUT2D eigenvalue weighted by atomic mass is 16.5. The molecule has 224 valence electrons. The van der Waals surface area contributed by atoms with Gasteiger partial charge in [-0.2, -0.15) is 0 Å². The first-order valence-electron chi connectivity index (χ1n) is 14.4. The van der Waals surface area contributed by atoms with Crippen LogP contribution < -0.4 is 26.2 Å². The lowest BCUT2D eigenvalue weighted by atomic mass is 9.84. The number of hydrogen-bond acceptors (Lipinski definition) is 7. The van der Waals surface area contributed by atoms with Crippen LogP contribution in [0.3, 0.4) is 0 Å². The highest BCUT2D eigenvalue weighted by Crippen LogP contribution is 2.43. The molecule has 8 N–H and O–H groups in total. The Bertz CT molecular complexity index is 1550. The fourth-order valence-electron chi connectivity index (χ4n) is 7.29. The maximum atomic E-state index is 13.5. The van der Waals surface area contributed by atoms with Gasteiger partial charge in [0.2, 0.25) is 5.79 Å². The van der Waals surface area contributed by atoms with E-state index in [1.807, 2.05) is 12.1 Å². The Balaban J connectivity index is 1.16. The molecule has 7 rings (SSSR count). The average Bonchev–Trinajstić information content (AvgIpc) is 3.58. The summed E-state index contributed by atoms with van der Waals surface area (Å²) in [6.07, 6.45) is 3.67. The van der Waals surface area contributed by atoms with Gasteiger partial charge in [-0.05, 0) is 55.0 Å². The monoisotopic (exact) mass is 587 g/mol.